The van der Waals surface area contributed by atoms with Gasteiger partial charge in [-0.05, 0) is 50.2 Å². The van der Waals surface area contributed by atoms with Crippen LogP contribution in [0.3, 0.4) is 0 Å². The highest BCUT2D eigenvalue weighted by Gasteiger charge is 2.32. The molecule has 0 unspecified atom stereocenters. The second kappa shape index (κ2) is 9.73. The van der Waals surface area contributed by atoms with E-state index in [2.05, 4.69) is 20.6 Å². The predicted molar refractivity (Wildman–Crippen MR) is 132 cm³/mol. The molecule has 0 fully saturated rings. The van der Waals surface area contributed by atoms with E-state index in [0.717, 1.165) is 23.3 Å². The zero-order valence-corrected chi connectivity index (χ0v) is 20.4. The third-order valence-corrected chi connectivity index (χ3v) is 5.67. The molecule has 186 valence electrons. The zero-order valence-electron chi connectivity index (χ0n) is 20.4. The third-order valence-electron chi connectivity index (χ3n) is 5.67. The molecule has 10 heteroatoms. The molecule has 0 aliphatic carbocycles. The summed E-state index contributed by atoms with van der Waals surface area (Å²) < 4.78 is 24.2. The molecule has 5 rings (SSSR count). The topological polar surface area (TPSA) is 109 Å². The Hall–Kier alpha value is -4.34. The van der Waals surface area contributed by atoms with Crippen molar-refractivity contribution in [2.24, 2.45) is 0 Å². The molecule has 36 heavy (non-hydrogen) atoms. The number of aromatic nitrogens is 4. The van der Waals surface area contributed by atoms with E-state index >= 15 is 0 Å². The van der Waals surface area contributed by atoms with E-state index in [9.17, 15) is 4.79 Å². The van der Waals surface area contributed by atoms with Crippen molar-refractivity contribution in [1.29, 1.82) is 0 Å². The Morgan fingerprint density at radius 3 is 2.72 bits per heavy atom. The smallest absolute Gasteiger partial charge is 0.258 e. The Bertz CT molecular complexity index is 1380. The molecular formula is C26H27N5O5. The van der Waals surface area contributed by atoms with Crippen molar-refractivity contribution in [1.82, 2.24) is 25.1 Å². The molecule has 10 nitrogen and oxygen atoms in total. The van der Waals surface area contributed by atoms with E-state index in [4.69, 9.17) is 18.9 Å². The van der Waals surface area contributed by atoms with Crippen LogP contribution in [0.15, 0.2) is 54.6 Å². The van der Waals surface area contributed by atoms with Crippen LogP contribution in [0, 0.1) is 0 Å². The molecule has 0 bridgehead atoms. The lowest BCUT2D eigenvalue weighted by Crippen LogP contribution is -2.32. The number of methoxy groups -OCH3 is 1. The summed E-state index contributed by atoms with van der Waals surface area (Å²) in [6.07, 6.45) is 0.805. The van der Waals surface area contributed by atoms with Crippen LogP contribution < -0.4 is 24.3 Å². The molecule has 3 heterocycles. The van der Waals surface area contributed by atoms with E-state index < -0.39 is 0 Å². The first-order chi connectivity index (χ1) is 17.4. The Morgan fingerprint density at radius 2 is 1.92 bits per heavy atom. The van der Waals surface area contributed by atoms with Gasteiger partial charge in [0.05, 0.1) is 13.7 Å². The van der Waals surface area contributed by atoms with E-state index in [-0.39, 0.29) is 24.7 Å². The number of benzene rings is 2. The lowest BCUT2D eigenvalue weighted by molar-refractivity contribution is -0.123. The largest absolute Gasteiger partial charge is 0.497 e. The van der Waals surface area contributed by atoms with E-state index in [1.165, 1.54) is 0 Å². The summed E-state index contributed by atoms with van der Waals surface area (Å²) in [6, 6.07) is 16.7. The maximum Gasteiger partial charge on any atom is 0.258 e. The van der Waals surface area contributed by atoms with Crippen molar-refractivity contribution in [2.75, 3.05) is 26.9 Å². The van der Waals surface area contributed by atoms with Gasteiger partial charge in [-0.3, -0.25) is 4.79 Å². The molecule has 0 atom stereocenters. The maximum atomic E-state index is 12.3. The average molecular weight is 490 g/mol. The molecule has 1 aliphatic heterocycles. The predicted octanol–water partition coefficient (Wildman–Crippen LogP) is 3.09. The lowest BCUT2D eigenvalue weighted by Gasteiger charge is -2.18. The minimum absolute atomic E-state index is 0.115. The molecule has 2 aromatic carbocycles. The fraction of sp³-hybridized carbons (Fsp3) is 0.308. The van der Waals surface area contributed by atoms with Crippen LogP contribution in [-0.2, 0) is 11.2 Å². The van der Waals surface area contributed by atoms with Gasteiger partial charge < -0.3 is 24.3 Å². The monoisotopic (exact) mass is 489 g/mol. The Kier molecular flexibility index (Phi) is 6.32. The highest BCUT2D eigenvalue weighted by Crippen LogP contribution is 2.41. The van der Waals surface area contributed by atoms with Gasteiger partial charge in [0.2, 0.25) is 5.88 Å². The van der Waals surface area contributed by atoms with Gasteiger partial charge in [-0.2, -0.15) is 4.52 Å². The van der Waals surface area contributed by atoms with Crippen LogP contribution in [0.25, 0.3) is 17.0 Å². The van der Waals surface area contributed by atoms with Gasteiger partial charge in [0.25, 0.3) is 5.91 Å². The number of hydrogen-bond donors (Lipinski definition) is 1. The number of rotatable bonds is 9. The van der Waals surface area contributed by atoms with Crippen molar-refractivity contribution in [3.8, 4) is 34.5 Å². The number of para-hydroxylation sites is 1. The van der Waals surface area contributed by atoms with Gasteiger partial charge in [0.15, 0.2) is 29.6 Å². The summed E-state index contributed by atoms with van der Waals surface area (Å²) in [4.78, 5) is 12.3. The fourth-order valence-electron chi connectivity index (χ4n) is 4.01. The fourth-order valence-corrected chi connectivity index (χ4v) is 4.01. The number of nitrogens with one attached hydrogen (secondary N) is 1. The molecule has 1 amide bonds. The third kappa shape index (κ3) is 5.02. The SMILES string of the molecule is COc1ccc(-c2nnc3ccc(OCCNC(=O)COc4cccc5c4OC(C)(C)C5)nn23)cc1. The van der Waals surface area contributed by atoms with Crippen molar-refractivity contribution in [3.63, 3.8) is 0 Å². The van der Waals surface area contributed by atoms with E-state index in [1.807, 2.05) is 56.3 Å². The Morgan fingerprint density at radius 1 is 1.08 bits per heavy atom. The van der Waals surface area contributed by atoms with Crippen LogP contribution in [0.4, 0.5) is 0 Å². The number of amides is 1. The molecule has 1 N–H and O–H groups in total. The first kappa shape index (κ1) is 23.4. The number of nitrogens with zero attached hydrogens (tertiary/aromatic N) is 4. The second-order valence-electron chi connectivity index (χ2n) is 8.96. The van der Waals surface area contributed by atoms with Crippen LogP contribution in [0.2, 0.25) is 0 Å². The van der Waals surface area contributed by atoms with E-state index in [0.29, 0.717) is 35.4 Å². The zero-order chi connectivity index (χ0) is 25.1. The van der Waals surface area contributed by atoms with Crippen molar-refractivity contribution in [2.45, 2.75) is 25.9 Å². The number of ether oxygens (including phenoxy) is 4. The van der Waals surface area contributed by atoms with Crippen LogP contribution in [-0.4, -0.2) is 58.2 Å². The standard InChI is InChI=1S/C26H27N5O5/c1-26(2)15-18-5-4-6-20(24(18)36-26)35-16-22(32)27-13-14-34-23-12-11-21-28-29-25(31(21)30-23)17-7-9-19(33-3)10-8-17/h4-12H,13-16H2,1-3H3,(H,27,32). The van der Waals surface area contributed by atoms with Crippen LogP contribution in [0.1, 0.15) is 19.4 Å². The minimum atomic E-state index is -0.277. The molecule has 1 aliphatic rings. The summed E-state index contributed by atoms with van der Waals surface area (Å²) in [5.74, 6) is 2.76. The summed E-state index contributed by atoms with van der Waals surface area (Å²) >= 11 is 0. The van der Waals surface area contributed by atoms with Crippen molar-refractivity contribution < 1.29 is 23.7 Å². The number of hydrogen-bond acceptors (Lipinski definition) is 8. The lowest BCUT2D eigenvalue weighted by atomic mass is 10.0. The summed E-state index contributed by atoms with van der Waals surface area (Å²) in [5, 5.41) is 15.7. The Balaban J connectivity index is 1.13. The average Bonchev–Trinajstić information content (AvgIpc) is 3.44. The van der Waals surface area contributed by atoms with Crippen LogP contribution >= 0.6 is 0 Å². The minimum Gasteiger partial charge on any atom is -0.497 e. The molecule has 0 spiro atoms. The van der Waals surface area contributed by atoms with Crippen molar-refractivity contribution >= 4 is 11.6 Å². The summed E-state index contributed by atoms with van der Waals surface area (Å²) in [6.45, 7) is 4.48. The van der Waals surface area contributed by atoms with Gasteiger partial charge in [-0.15, -0.1) is 15.3 Å². The van der Waals surface area contributed by atoms with Gasteiger partial charge in [0, 0.05) is 23.6 Å². The number of fused-ring (bicyclic) bond motifs is 2. The van der Waals surface area contributed by atoms with Gasteiger partial charge in [-0.1, -0.05) is 12.1 Å². The molecule has 4 aromatic rings. The summed E-state index contributed by atoms with van der Waals surface area (Å²) in [5.41, 5.74) is 2.25. The highest BCUT2D eigenvalue weighted by atomic mass is 16.5. The van der Waals surface area contributed by atoms with E-state index in [1.54, 1.807) is 23.8 Å². The molecule has 2 aromatic heterocycles. The molecular weight excluding hydrogens is 462 g/mol. The van der Waals surface area contributed by atoms with Crippen molar-refractivity contribution in [3.05, 3.63) is 60.2 Å². The normalized spacial score (nSPS) is 13.6. The number of carbonyl (C=O) groups is 1. The van der Waals surface area contributed by atoms with Crippen LogP contribution in [0.5, 0.6) is 23.1 Å². The second-order valence-corrected chi connectivity index (χ2v) is 8.96. The highest BCUT2D eigenvalue weighted by molar-refractivity contribution is 5.77. The number of carbonyl (C=O) groups excluding carboxylic acids is 1. The summed E-state index contributed by atoms with van der Waals surface area (Å²) in [7, 11) is 1.62. The first-order valence-electron chi connectivity index (χ1n) is 11.6. The molecule has 0 saturated carbocycles. The molecule has 0 saturated heterocycles. The quantitative estimate of drug-likeness (QED) is 0.357. The van der Waals surface area contributed by atoms with Gasteiger partial charge >= 0.3 is 0 Å². The maximum absolute atomic E-state index is 12.3. The van der Waals surface area contributed by atoms with Gasteiger partial charge in [-0.25, -0.2) is 0 Å². The first-order valence-corrected chi connectivity index (χ1v) is 11.6. The Labute approximate surface area is 208 Å². The van der Waals surface area contributed by atoms with Gasteiger partial charge in [0.1, 0.15) is 18.0 Å². The molecule has 0 radical (unpaired) electrons.